The van der Waals surface area contributed by atoms with Gasteiger partial charge in [-0.1, -0.05) is 0 Å². The molecule has 2 N–H and O–H groups in total. The number of amides is 2. The second-order valence-electron chi connectivity index (χ2n) is 5.06. The molecular weight excluding hydrogens is 292 g/mol. The van der Waals surface area contributed by atoms with Crippen molar-refractivity contribution < 1.29 is 14.7 Å². The van der Waals surface area contributed by atoms with Crippen LogP contribution in [0.3, 0.4) is 0 Å². The first-order valence-electron chi connectivity index (χ1n) is 6.85. The Kier molecular flexibility index (Phi) is 5.11. The van der Waals surface area contributed by atoms with Crippen LogP contribution in [0.15, 0.2) is 6.07 Å². The van der Waals surface area contributed by atoms with Crippen LogP contribution in [-0.4, -0.2) is 56.0 Å². The Balaban J connectivity index is 1.74. The first kappa shape index (κ1) is 15.7. The molecule has 1 aromatic heterocycles. The van der Waals surface area contributed by atoms with Gasteiger partial charge in [0, 0.05) is 24.5 Å². The second-order valence-corrected chi connectivity index (χ2v) is 6.06. The average molecular weight is 312 g/mol. The van der Waals surface area contributed by atoms with Gasteiger partial charge in [-0.2, -0.15) is 5.10 Å². The predicted molar refractivity (Wildman–Crippen MR) is 80.3 cm³/mol. The number of aromatic nitrogens is 2. The third-order valence-electron chi connectivity index (χ3n) is 3.35. The number of carbonyl (C=O) groups is 2. The van der Waals surface area contributed by atoms with Crippen molar-refractivity contribution in [1.29, 1.82) is 0 Å². The van der Waals surface area contributed by atoms with E-state index in [1.165, 1.54) is 16.7 Å². The summed E-state index contributed by atoms with van der Waals surface area (Å²) < 4.78 is 1.91. The van der Waals surface area contributed by atoms with E-state index in [4.69, 9.17) is 5.11 Å². The maximum Gasteiger partial charge on any atom is 0.327 e. The summed E-state index contributed by atoms with van der Waals surface area (Å²) in [5.41, 5.74) is 2.08. The largest absolute Gasteiger partial charge is 0.480 e. The van der Waals surface area contributed by atoms with Gasteiger partial charge in [-0.05, 0) is 26.3 Å². The second kappa shape index (κ2) is 6.84. The minimum Gasteiger partial charge on any atom is -0.480 e. The molecule has 1 atom stereocenters. The molecule has 0 radical (unpaired) electrons. The Morgan fingerprint density at radius 1 is 1.52 bits per heavy atom. The Morgan fingerprint density at radius 2 is 2.29 bits per heavy atom. The van der Waals surface area contributed by atoms with E-state index in [1.807, 2.05) is 24.6 Å². The van der Waals surface area contributed by atoms with Crippen LogP contribution in [0.5, 0.6) is 0 Å². The fourth-order valence-electron chi connectivity index (χ4n) is 2.27. The molecule has 1 aliphatic rings. The number of hydrogen-bond acceptors (Lipinski definition) is 4. The van der Waals surface area contributed by atoms with Gasteiger partial charge in [0.15, 0.2) is 0 Å². The van der Waals surface area contributed by atoms with E-state index >= 15 is 0 Å². The summed E-state index contributed by atoms with van der Waals surface area (Å²) in [5.74, 6) is -0.0628. The molecule has 1 aromatic rings. The standard InChI is InChI=1S/C13H20N4O3S/c1-9-6-10(2)17(15-9)5-3-4-14-13(20)16-8-21-7-11(16)12(18)19/h6,11H,3-5,7-8H2,1-2H3,(H,14,20)(H,18,19)/t11-/m0/s1. The molecule has 0 aromatic carbocycles. The number of hydrogen-bond donors (Lipinski definition) is 2. The summed E-state index contributed by atoms with van der Waals surface area (Å²) >= 11 is 1.46. The number of urea groups is 1. The molecule has 2 amide bonds. The van der Waals surface area contributed by atoms with Gasteiger partial charge in [0.2, 0.25) is 0 Å². The highest BCUT2D eigenvalue weighted by Gasteiger charge is 2.34. The zero-order valence-electron chi connectivity index (χ0n) is 12.2. The monoisotopic (exact) mass is 312 g/mol. The molecule has 0 aliphatic carbocycles. The molecule has 0 bridgehead atoms. The summed E-state index contributed by atoms with van der Waals surface area (Å²) in [6, 6.07) is 0.990. The highest BCUT2D eigenvalue weighted by molar-refractivity contribution is 7.99. The van der Waals surface area contributed by atoms with Crippen molar-refractivity contribution in [3.8, 4) is 0 Å². The van der Waals surface area contributed by atoms with E-state index in [0.29, 0.717) is 18.2 Å². The van der Waals surface area contributed by atoms with Crippen molar-refractivity contribution in [3.05, 3.63) is 17.5 Å². The summed E-state index contributed by atoms with van der Waals surface area (Å²) in [7, 11) is 0. The van der Waals surface area contributed by atoms with E-state index < -0.39 is 12.0 Å². The van der Waals surface area contributed by atoms with Crippen LogP contribution in [0.1, 0.15) is 17.8 Å². The molecule has 1 saturated heterocycles. The lowest BCUT2D eigenvalue weighted by molar-refractivity contribution is -0.140. The van der Waals surface area contributed by atoms with Crippen LogP contribution in [-0.2, 0) is 11.3 Å². The van der Waals surface area contributed by atoms with Gasteiger partial charge in [0.05, 0.1) is 11.6 Å². The summed E-state index contributed by atoms with van der Waals surface area (Å²) in [6.07, 6.45) is 0.756. The molecule has 21 heavy (non-hydrogen) atoms. The average Bonchev–Trinajstić information content (AvgIpc) is 3.01. The Hall–Kier alpha value is -1.70. The highest BCUT2D eigenvalue weighted by Crippen LogP contribution is 2.20. The van der Waals surface area contributed by atoms with Gasteiger partial charge in [-0.15, -0.1) is 11.8 Å². The van der Waals surface area contributed by atoms with Crippen LogP contribution in [0.4, 0.5) is 4.79 Å². The number of carbonyl (C=O) groups excluding carboxylic acids is 1. The number of carboxylic acid groups (broad SMARTS) is 1. The third-order valence-corrected chi connectivity index (χ3v) is 4.37. The van der Waals surface area contributed by atoms with Crippen LogP contribution in [0.2, 0.25) is 0 Å². The summed E-state index contributed by atoms with van der Waals surface area (Å²) in [5, 5.41) is 16.2. The number of aryl methyl sites for hydroxylation is 3. The van der Waals surface area contributed by atoms with E-state index in [2.05, 4.69) is 10.4 Å². The normalized spacial score (nSPS) is 18.0. The number of aliphatic carboxylic acids is 1. The highest BCUT2D eigenvalue weighted by atomic mass is 32.2. The van der Waals surface area contributed by atoms with Gasteiger partial charge in [-0.25, -0.2) is 9.59 Å². The van der Waals surface area contributed by atoms with Gasteiger partial charge < -0.3 is 15.3 Å². The Bertz CT molecular complexity index is 531. The number of rotatable bonds is 5. The third kappa shape index (κ3) is 3.90. The maximum atomic E-state index is 12.0. The molecule has 8 heteroatoms. The van der Waals surface area contributed by atoms with Crippen molar-refractivity contribution in [2.45, 2.75) is 32.9 Å². The fraction of sp³-hybridized carbons (Fsp3) is 0.615. The first-order valence-corrected chi connectivity index (χ1v) is 8.00. The van der Waals surface area contributed by atoms with Gasteiger partial charge >= 0.3 is 12.0 Å². The van der Waals surface area contributed by atoms with Crippen molar-refractivity contribution in [1.82, 2.24) is 20.0 Å². The summed E-state index contributed by atoms with van der Waals surface area (Å²) in [4.78, 5) is 24.4. The first-order chi connectivity index (χ1) is 9.99. The lowest BCUT2D eigenvalue weighted by atomic mass is 10.3. The number of nitrogens with one attached hydrogen (secondary N) is 1. The van der Waals surface area contributed by atoms with Crippen LogP contribution in [0, 0.1) is 13.8 Å². The molecule has 116 valence electrons. The molecule has 0 spiro atoms. The van der Waals surface area contributed by atoms with E-state index in [9.17, 15) is 9.59 Å². The maximum absolute atomic E-state index is 12.0. The minimum atomic E-state index is -0.946. The van der Waals surface area contributed by atoms with E-state index in [-0.39, 0.29) is 6.03 Å². The lowest BCUT2D eigenvalue weighted by Crippen LogP contribution is -2.47. The smallest absolute Gasteiger partial charge is 0.327 e. The number of thioether (sulfide) groups is 1. The molecule has 7 nitrogen and oxygen atoms in total. The molecule has 1 fully saturated rings. The fourth-order valence-corrected chi connectivity index (χ4v) is 3.42. The molecule has 2 heterocycles. The Morgan fingerprint density at radius 3 is 2.90 bits per heavy atom. The van der Waals surface area contributed by atoms with Crippen molar-refractivity contribution in [2.24, 2.45) is 0 Å². The number of nitrogens with zero attached hydrogens (tertiary/aromatic N) is 3. The predicted octanol–water partition coefficient (Wildman–Crippen LogP) is 1.06. The molecule has 1 aliphatic heterocycles. The molecular formula is C13H20N4O3S. The Labute approximate surface area is 127 Å². The van der Waals surface area contributed by atoms with E-state index in [0.717, 1.165) is 24.4 Å². The van der Waals surface area contributed by atoms with Gasteiger partial charge in [0.1, 0.15) is 6.04 Å². The van der Waals surface area contributed by atoms with Gasteiger partial charge in [0.25, 0.3) is 0 Å². The van der Waals surface area contributed by atoms with Crippen LogP contribution in [0.25, 0.3) is 0 Å². The molecule has 0 unspecified atom stereocenters. The summed E-state index contributed by atoms with van der Waals surface area (Å²) in [6.45, 7) is 5.18. The van der Waals surface area contributed by atoms with Crippen LogP contribution < -0.4 is 5.32 Å². The van der Waals surface area contributed by atoms with E-state index in [1.54, 1.807) is 0 Å². The number of carboxylic acids is 1. The minimum absolute atomic E-state index is 0.305. The van der Waals surface area contributed by atoms with Crippen molar-refractivity contribution in [3.63, 3.8) is 0 Å². The van der Waals surface area contributed by atoms with Crippen molar-refractivity contribution in [2.75, 3.05) is 18.2 Å². The van der Waals surface area contributed by atoms with Crippen molar-refractivity contribution >= 4 is 23.8 Å². The van der Waals surface area contributed by atoms with Gasteiger partial charge in [-0.3, -0.25) is 4.68 Å². The SMILES string of the molecule is Cc1cc(C)n(CCCNC(=O)N2CSC[C@H]2C(=O)O)n1. The molecule has 2 rings (SSSR count). The quantitative estimate of drug-likeness (QED) is 0.794. The van der Waals surface area contributed by atoms with Crippen LogP contribution >= 0.6 is 11.8 Å². The zero-order chi connectivity index (χ0) is 15.4. The zero-order valence-corrected chi connectivity index (χ0v) is 13.0. The molecule has 0 saturated carbocycles. The lowest BCUT2D eigenvalue weighted by Gasteiger charge is -2.20. The topological polar surface area (TPSA) is 87.5 Å².